The Morgan fingerprint density at radius 1 is 1.42 bits per heavy atom. The summed E-state index contributed by atoms with van der Waals surface area (Å²) in [5.74, 6) is 0. The fraction of sp³-hybridized carbons (Fsp3) is 0.579. The van der Waals surface area contributed by atoms with Crippen molar-refractivity contribution in [2.75, 3.05) is 13.7 Å². The van der Waals surface area contributed by atoms with Gasteiger partial charge in [-0.1, -0.05) is 13.0 Å². The van der Waals surface area contributed by atoms with Gasteiger partial charge >= 0.3 is 0 Å². The number of pyridine rings is 1. The van der Waals surface area contributed by atoms with Crippen LogP contribution in [0.15, 0.2) is 24.5 Å². The highest BCUT2D eigenvalue weighted by atomic mass is 16.5. The molecule has 0 aromatic carbocycles. The van der Waals surface area contributed by atoms with Gasteiger partial charge in [-0.15, -0.1) is 0 Å². The quantitative estimate of drug-likeness (QED) is 0.809. The van der Waals surface area contributed by atoms with E-state index >= 15 is 0 Å². The number of hydrogen-bond acceptors (Lipinski definition) is 4. The van der Waals surface area contributed by atoms with Crippen molar-refractivity contribution in [3.05, 3.63) is 47.0 Å². The molecular weight excluding hydrogens is 300 g/mol. The Bertz CT molecular complexity index is 638. The normalized spacial score (nSPS) is 17.0. The van der Waals surface area contributed by atoms with E-state index in [1.165, 1.54) is 23.2 Å². The summed E-state index contributed by atoms with van der Waals surface area (Å²) in [5.41, 5.74) is 5.25. The highest BCUT2D eigenvalue weighted by Gasteiger charge is 2.25. The molecule has 1 unspecified atom stereocenters. The van der Waals surface area contributed by atoms with Crippen LogP contribution in [-0.2, 0) is 37.2 Å². The second kappa shape index (κ2) is 8.40. The van der Waals surface area contributed by atoms with Gasteiger partial charge in [-0.25, -0.2) is 0 Å². The van der Waals surface area contributed by atoms with Crippen LogP contribution < -0.4 is 5.32 Å². The fourth-order valence-electron chi connectivity index (χ4n) is 3.55. The Morgan fingerprint density at radius 3 is 3.08 bits per heavy atom. The molecule has 0 bridgehead atoms. The molecule has 24 heavy (non-hydrogen) atoms. The molecule has 0 amide bonds. The van der Waals surface area contributed by atoms with Crippen molar-refractivity contribution in [3.63, 3.8) is 0 Å². The van der Waals surface area contributed by atoms with Crippen molar-refractivity contribution in [2.45, 2.75) is 58.2 Å². The summed E-state index contributed by atoms with van der Waals surface area (Å²) in [4.78, 5) is 4.18. The maximum Gasteiger partial charge on any atom is 0.0916 e. The van der Waals surface area contributed by atoms with Crippen LogP contribution in [0.4, 0.5) is 0 Å². The number of hydrogen-bond donors (Lipinski definition) is 1. The van der Waals surface area contributed by atoms with E-state index in [1.54, 1.807) is 7.11 Å². The molecule has 5 heteroatoms. The third kappa shape index (κ3) is 4.02. The SMILES string of the molecule is CCCn1nc(COC)c2c1CCC(NCCc1cccnc1)C2. The van der Waals surface area contributed by atoms with Crippen LogP contribution in [0.3, 0.4) is 0 Å². The van der Waals surface area contributed by atoms with Crippen molar-refractivity contribution in [3.8, 4) is 0 Å². The molecule has 0 fully saturated rings. The Labute approximate surface area is 144 Å². The van der Waals surface area contributed by atoms with E-state index in [2.05, 4.69) is 28.0 Å². The molecule has 1 atom stereocenters. The topological polar surface area (TPSA) is 52.0 Å². The van der Waals surface area contributed by atoms with E-state index in [0.717, 1.165) is 44.5 Å². The van der Waals surface area contributed by atoms with E-state index in [0.29, 0.717) is 12.6 Å². The van der Waals surface area contributed by atoms with Gasteiger partial charge < -0.3 is 10.1 Å². The molecule has 130 valence electrons. The van der Waals surface area contributed by atoms with Crippen molar-refractivity contribution in [1.29, 1.82) is 0 Å². The molecule has 1 aliphatic carbocycles. The fourth-order valence-corrected chi connectivity index (χ4v) is 3.55. The molecule has 1 N–H and O–H groups in total. The number of nitrogens with zero attached hydrogens (tertiary/aromatic N) is 3. The predicted octanol–water partition coefficient (Wildman–Crippen LogP) is 2.52. The average molecular weight is 328 g/mol. The molecule has 2 heterocycles. The molecule has 0 aliphatic heterocycles. The van der Waals surface area contributed by atoms with Crippen molar-refractivity contribution < 1.29 is 4.74 Å². The minimum absolute atomic E-state index is 0.532. The lowest BCUT2D eigenvalue weighted by Gasteiger charge is -2.24. The third-order valence-electron chi connectivity index (χ3n) is 4.72. The molecule has 0 radical (unpaired) electrons. The van der Waals surface area contributed by atoms with Gasteiger partial charge in [0.25, 0.3) is 0 Å². The maximum atomic E-state index is 5.36. The molecular formula is C19H28N4O. The molecule has 2 aromatic heterocycles. The monoisotopic (exact) mass is 328 g/mol. The Hall–Kier alpha value is -1.72. The van der Waals surface area contributed by atoms with Crippen LogP contribution in [-0.4, -0.2) is 34.5 Å². The van der Waals surface area contributed by atoms with Gasteiger partial charge in [-0.05, 0) is 50.3 Å². The highest BCUT2D eigenvalue weighted by molar-refractivity contribution is 5.30. The first-order valence-corrected chi connectivity index (χ1v) is 9.00. The van der Waals surface area contributed by atoms with E-state index in [1.807, 2.05) is 18.5 Å². The lowest BCUT2D eigenvalue weighted by atomic mass is 9.91. The first-order chi connectivity index (χ1) is 11.8. The Kier molecular flexibility index (Phi) is 5.99. The third-order valence-corrected chi connectivity index (χ3v) is 4.72. The van der Waals surface area contributed by atoms with Crippen LogP contribution in [0.5, 0.6) is 0 Å². The van der Waals surface area contributed by atoms with Gasteiger partial charge in [0.2, 0.25) is 0 Å². The molecule has 0 spiro atoms. The number of fused-ring (bicyclic) bond motifs is 1. The maximum absolute atomic E-state index is 5.36. The molecule has 5 nitrogen and oxygen atoms in total. The zero-order valence-corrected chi connectivity index (χ0v) is 14.8. The number of aryl methyl sites for hydroxylation is 1. The number of nitrogens with one attached hydrogen (secondary N) is 1. The van der Waals surface area contributed by atoms with Crippen molar-refractivity contribution in [2.24, 2.45) is 0 Å². The Morgan fingerprint density at radius 2 is 2.33 bits per heavy atom. The van der Waals surface area contributed by atoms with Crippen molar-refractivity contribution in [1.82, 2.24) is 20.1 Å². The molecule has 2 aromatic rings. The first-order valence-electron chi connectivity index (χ1n) is 9.00. The Balaban J connectivity index is 1.60. The number of rotatable bonds is 8. The van der Waals surface area contributed by atoms with Gasteiger partial charge in [-0.3, -0.25) is 9.67 Å². The van der Waals surface area contributed by atoms with Crippen molar-refractivity contribution >= 4 is 0 Å². The van der Waals surface area contributed by atoms with Gasteiger partial charge in [0.05, 0.1) is 12.3 Å². The average Bonchev–Trinajstić information content (AvgIpc) is 2.94. The van der Waals surface area contributed by atoms with Crippen LogP contribution in [0.2, 0.25) is 0 Å². The zero-order chi connectivity index (χ0) is 16.8. The minimum atomic E-state index is 0.532. The van der Waals surface area contributed by atoms with Crippen LogP contribution in [0.1, 0.15) is 42.3 Å². The summed E-state index contributed by atoms with van der Waals surface area (Å²) in [7, 11) is 1.75. The summed E-state index contributed by atoms with van der Waals surface area (Å²) in [6, 6.07) is 4.67. The van der Waals surface area contributed by atoms with E-state index < -0.39 is 0 Å². The van der Waals surface area contributed by atoms with Gasteiger partial charge in [0, 0.05) is 43.3 Å². The van der Waals surface area contributed by atoms with E-state index in [9.17, 15) is 0 Å². The largest absolute Gasteiger partial charge is 0.378 e. The molecule has 0 saturated carbocycles. The second-order valence-electron chi connectivity index (χ2n) is 6.53. The van der Waals surface area contributed by atoms with Gasteiger partial charge in [0.15, 0.2) is 0 Å². The lowest BCUT2D eigenvalue weighted by Crippen LogP contribution is -2.36. The van der Waals surface area contributed by atoms with E-state index in [4.69, 9.17) is 9.84 Å². The minimum Gasteiger partial charge on any atom is -0.378 e. The summed E-state index contributed by atoms with van der Waals surface area (Å²) < 4.78 is 7.56. The predicted molar refractivity (Wildman–Crippen MR) is 95.0 cm³/mol. The van der Waals surface area contributed by atoms with Crippen LogP contribution in [0.25, 0.3) is 0 Å². The zero-order valence-electron chi connectivity index (χ0n) is 14.8. The number of methoxy groups -OCH3 is 1. The van der Waals surface area contributed by atoms with Crippen LogP contribution in [0, 0.1) is 0 Å². The summed E-state index contributed by atoms with van der Waals surface area (Å²) >= 11 is 0. The number of ether oxygens (including phenoxy) is 1. The smallest absolute Gasteiger partial charge is 0.0916 e. The van der Waals surface area contributed by atoms with Gasteiger partial charge in [0.1, 0.15) is 0 Å². The lowest BCUT2D eigenvalue weighted by molar-refractivity contribution is 0.179. The summed E-state index contributed by atoms with van der Waals surface area (Å²) in [6.45, 7) is 4.82. The molecule has 3 rings (SSSR count). The summed E-state index contributed by atoms with van der Waals surface area (Å²) in [6.07, 6.45) is 9.27. The van der Waals surface area contributed by atoms with E-state index in [-0.39, 0.29) is 0 Å². The molecule has 0 saturated heterocycles. The first kappa shape index (κ1) is 17.1. The van der Waals surface area contributed by atoms with Crippen LogP contribution >= 0.6 is 0 Å². The van der Waals surface area contributed by atoms with Gasteiger partial charge in [-0.2, -0.15) is 5.10 Å². The second-order valence-corrected chi connectivity index (χ2v) is 6.53. The number of aromatic nitrogens is 3. The highest BCUT2D eigenvalue weighted by Crippen LogP contribution is 2.25. The molecule has 1 aliphatic rings. The standard InChI is InChI=1S/C19H28N4O/c1-3-11-23-19-7-6-16(12-17(19)18(22-23)14-24-2)21-10-8-15-5-4-9-20-13-15/h4-5,9,13,16,21H,3,6-8,10-12,14H2,1-2H3. The summed E-state index contributed by atoms with van der Waals surface area (Å²) in [5, 5.41) is 8.51.